The lowest BCUT2D eigenvalue weighted by atomic mass is 10.1. The minimum absolute atomic E-state index is 0.0688. The van der Waals surface area contributed by atoms with E-state index in [0.29, 0.717) is 17.7 Å². The highest BCUT2D eigenvalue weighted by molar-refractivity contribution is 5.97. The van der Waals surface area contributed by atoms with E-state index in [1.807, 2.05) is 0 Å². The van der Waals surface area contributed by atoms with Gasteiger partial charge in [-0.1, -0.05) is 6.92 Å². The number of benzene rings is 1. The second kappa shape index (κ2) is 8.32. The largest absolute Gasteiger partial charge is 0.351 e. The zero-order valence-corrected chi connectivity index (χ0v) is 12.4. The average Bonchev–Trinajstić information content (AvgIpc) is 2.46. The SMILES string of the molecule is CCCNCCNC(=O)c1ccc(C(=O)N(C)C)cc1. The summed E-state index contributed by atoms with van der Waals surface area (Å²) in [5.41, 5.74) is 1.15. The zero-order valence-electron chi connectivity index (χ0n) is 12.4. The van der Waals surface area contributed by atoms with Crippen molar-refractivity contribution in [1.29, 1.82) is 0 Å². The number of nitrogens with one attached hydrogen (secondary N) is 2. The minimum atomic E-state index is -0.118. The van der Waals surface area contributed by atoms with Crippen molar-refractivity contribution in [1.82, 2.24) is 15.5 Å². The molecule has 5 heteroatoms. The summed E-state index contributed by atoms with van der Waals surface area (Å²) in [7, 11) is 3.40. The first kappa shape index (κ1) is 16.2. The Morgan fingerprint density at radius 3 is 2.15 bits per heavy atom. The van der Waals surface area contributed by atoms with E-state index in [0.717, 1.165) is 19.5 Å². The Morgan fingerprint density at radius 2 is 1.60 bits per heavy atom. The molecule has 0 bridgehead atoms. The van der Waals surface area contributed by atoms with Gasteiger partial charge in [-0.05, 0) is 37.2 Å². The first-order valence-electron chi connectivity index (χ1n) is 6.87. The van der Waals surface area contributed by atoms with Gasteiger partial charge in [0.25, 0.3) is 11.8 Å². The van der Waals surface area contributed by atoms with Gasteiger partial charge in [-0.3, -0.25) is 9.59 Å². The third-order valence-corrected chi connectivity index (χ3v) is 2.81. The van der Waals surface area contributed by atoms with Crippen molar-refractivity contribution in [3.05, 3.63) is 35.4 Å². The second-order valence-corrected chi connectivity index (χ2v) is 4.78. The second-order valence-electron chi connectivity index (χ2n) is 4.78. The van der Waals surface area contributed by atoms with Crippen LogP contribution in [0.15, 0.2) is 24.3 Å². The Hall–Kier alpha value is -1.88. The van der Waals surface area contributed by atoms with Crippen molar-refractivity contribution >= 4 is 11.8 Å². The molecule has 0 aliphatic carbocycles. The summed E-state index contributed by atoms with van der Waals surface area (Å²) < 4.78 is 0. The van der Waals surface area contributed by atoms with Gasteiger partial charge in [0.15, 0.2) is 0 Å². The molecule has 0 heterocycles. The molecule has 0 saturated heterocycles. The zero-order chi connectivity index (χ0) is 15.0. The molecule has 0 fully saturated rings. The summed E-state index contributed by atoms with van der Waals surface area (Å²) >= 11 is 0. The molecule has 0 radical (unpaired) electrons. The number of nitrogens with zero attached hydrogens (tertiary/aromatic N) is 1. The highest BCUT2D eigenvalue weighted by atomic mass is 16.2. The lowest BCUT2D eigenvalue weighted by Gasteiger charge is -2.10. The molecule has 2 N–H and O–H groups in total. The monoisotopic (exact) mass is 277 g/mol. The molecule has 0 aliphatic rings. The van der Waals surface area contributed by atoms with Crippen LogP contribution < -0.4 is 10.6 Å². The van der Waals surface area contributed by atoms with Gasteiger partial charge in [0, 0.05) is 38.3 Å². The highest BCUT2D eigenvalue weighted by Crippen LogP contribution is 2.06. The van der Waals surface area contributed by atoms with E-state index in [9.17, 15) is 9.59 Å². The van der Waals surface area contributed by atoms with Crippen LogP contribution in [-0.4, -0.2) is 50.4 Å². The summed E-state index contributed by atoms with van der Waals surface area (Å²) in [4.78, 5) is 25.1. The number of amides is 2. The van der Waals surface area contributed by atoms with Gasteiger partial charge < -0.3 is 15.5 Å². The maximum absolute atomic E-state index is 11.9. The molecule has 0 spiro atoms. The van der Waals surface area contributed by atoms with Crippen molar-refractivity contribution in [2.75, 3.05) is 33.7 Å². The lowest BCUT2D eigenvalue weighted by Crippen LogP contribution is -2.32. The number of carbonyl (C=O) groups is 2. The number of hydrogen-bond donors (Lipinski definition) is 2. The normalized spacial score (nSPS) is 10.2. The van der Waals surface area contributed by atoms with Gasteiger partial charge in [-0.25, -0.2) is 0 Å². The standard InChI is InChI=1S/C15H23N3O2/c1-4-9-16-10-11-17-14(19)12-5-7-13(8-6-12)15(20)18(2)3/h5-8,16H,4,9-11H2,1-3H3,(H,17,19). The van der Waals surface area contributed by atoms with Crippen LogP contribution in [0.4, 0.5) is 0 Å². The molecular formula is C15H23N3O2. The van der Waals surface area contributed by atoms with Crippen LogP contribution in [0, 0.1) is 0 Å². The molecule has 0 aromatic heterocycles. The Kier molecular flexibility index (Phi) is 6.73. The predicted molar refractivity (Wildman–Crippen MR) is 80.0 cm³/mol. The van der Waals surface area contributed by atoms with Crippen molar-refractivity contribution in [3.63, 3.8) is 0 Å². The van der Waals surface area contributed by atoms with Crippen LogP contribution in [0.1, 0.15) is 34.1 Å². The number of hydrogen-bond acceptors (Lipinski definition) is 3. The summed E-state index contributed by atoms with van der Waals surface area (Å²) in [5, 5.41) is 6.05. The predicted octanol–water partition coefficient (Wildman–Crippen LogP) is 1.12. The van der Waals surface area contributed by atoms with E-state index in [-0.39, 0.29) is 11.8 Å². The van der Waals surface area contributed by atoms with Gasteiger partial charge in [0.05, 0.1) is 0 Å². The fourth-order valence-electron chi connectivity index (χ4n) is 1.69. The fourth-order valence-corrected chi connectivity index (χ4v) is 1.69. The van der Waals surface area contributed by atoms with Crippen LogP contribution in [-0.2, 0) is 0 Å². The van der Waals surface area contributed by atoms with E-state index in [2.05, 4.69) is 17.6 Å². The molecule has 5 nitrogen and oxygen atoms in total. The van der Waals surface area contributed by atoms with Gasteiger partial charge in [0.1, 0.15) is 0 Å². The summed E-state index contributed by atoms with van der Waals surface area (Å²) in [6.07, 6.45) is 1.08. The van der Waals surface area contributed by atoms with Crippen molar-refractivity contribution < 1.29 is 9.59 Å². The Bertz CT molecular complexity index is 441. The Morgan fingerprint density at radius 1 is 1.00 bits per heavy atom. The number of rotatable bonds is 7. The van der Waals surface area contributed by atoms with E-state index in [1.54, 1.807) is 38.4 Å². The third-order valence-electron chi connectivity index (χ3n) is 2.81. The van der Waals surface area contributed by atoms with Crippen LogP contribution in [0.5, 0.6) is 0 Å². The Balaban J connectivity index is 2.47. The first-order chi connectivity index (χ1) is 9.56. The van der Waals surface area contributed by atoms with Crippen molar-refractivity contribution in [3.8, 4) is 0 Å². The molecule has 1 rings (SSSR count). The molecule has 20 heavy (non-hydrogen) atoms. The third kappa shape index (κ3) is 5.01. The minimum Gasteiger partial charge on any atom is -0.351 e. The molecule has 0 aliphatic heterocycles. The van der Waals surface area contributed by atoms with E-state index >= 15 is 0 Å². The molecular weight excluding hydrogens is 254 g/mol. The van der Waals surface area contributed by atoms with Crippen LogP contribution >= 0.6 is 0 Å². The molecule has 1 aromatic rings. The maximum atomic E-state index is 11.9. The topological polar surface area (TPSA) is 61.4 Å². The van der Waals surface area contributed by atoms with Crippen molar-refractivity contribution in [2.45, 2.75) is 13.3 Å². The molecule has 0 saturated carbocycles. The summed E-state index contributed by atoms with van der Waals surface area (Å²) in [5.74, 6) is -0.187. The maximum Gasteiger partial charge on any atom is 0.253 e. The van der Waals surface area contributed by atoms with E-state index in [4.69, 9.17) is 0 Å². The van der Waals surface area contributed by atoms with Crippen LogP contribution in [0.2, 0.25) is 0 Å². The summed E-state index contributed by atoms with van der Waals surface area (Å²) in [6, 6.07) is 6.69. The van der Waals surface area contributed by atoms with Gasteiger partial charge in [0.2, 0.25) is 0 Å². The molecule has 0 unspecified atom stereocenters. The smallest absolute Gasteiger partial charge is 0.253 e. The van der Waals surface area contributed by atoms with Gasteiger partial charge in [-0.2, -0.15) is 0 Å². The van der Waals surface area contributed by atoms with Gasteiger partial charge >= 0.3 is 0 Å². The molecule has 0 atom stereocenters. The van der Waals surface area contributed by atoms with Gasteiger partial charge in [-0.15, -0.1) is 0 Å². The molecule has 2 amide bonds. The van der Waals surface area contributed by atoms with Crippen LogP contribution in [0.25, 0.3) is 0 Å². The fraction of sp³-hybridized carbons (Fsp3) is 0.467. The quantitative estimate of drug-likeness (QED) is 0.734. The van der Waals surface area contributed by atoms with Crippen molar-refractivity contribution in [2.24, 2.45) is 0 Å². The highest BCUT2D eigenvalue weighted by Gasteiger charge is 2.09. The Labute approximate surface area is 120 Å². The molecule has 110 valence electrons. The number of carbonyl (C=O) groups excluding carboxylic acids is 2. The first-order valence-corrected chi connectivity index (χ1v) is 6.87. The van der Waals surface area contributed by atoms with E-state index < -0.39 is 0 Å². The average molecular weight is 277 g/mol. The van der Waals surface area contributed by atoms with Crippen LogP contribution in [0.3, 0.4) is 0 Å². The lowest BCUT2D eigenvalue weighted by molar-refractivity contribution is 0.0826. The summed E-state index contributed by atoms with van der Waals surface area (Å²) in [6.45, 7) is 4.41. The molecule has 1 aromatic carbocycles. The van der Waals surface area contributed by atoms with E-state index in [1.165, 1.54) is 4.90 Å².